The number of aromatic nitrogens is 2. The number of hydrogen-bond donors (Lipinski definition) is 2. The van der Waals surface area contributed by atoms with Crippen LogP contribution >= 0.6 is 0 Å². The largest absolute Gasteiger partial charge is 0.361 e. The van der Waals surface area contributed by atoms with Crippen molar-refractivity contribution < 1.29 is 0 Å². The van der Waals surface area contributed by atoms with Crippen molar-refractivity contribution >= 4 is 34.4 Å². The number of H-pyrrole nitrogens is 1. The molecule has 6 nitrogen and oxygen atoms in total. The van der Waals surface area contributed by atoms with E-state index in [4.69, 9.17) is 0 Å². The molecule has 6 heteroatoms. The number of pyridine rings is 1. The number of likely N-dealkylation sites (N-methyl/N-ethyl adjacent to an activating group) is 1. The van der Waals surface area contributed by atoms with Crippen LogP contribution in [0.15, 0.2) is 54.9 Å². The summed E-state index contributed by atoms with van der Waals surface area (Å²) >= 11 is 0. The van der Waals surface area contributed by atoms with E-state index in [0.717, 1.165) is 65.5 Å². The summed E-state index contributed by atoms with van der Waals surface area (Å²) in [6.45, 7) is 9.65. The second-order valence-corrected chi connectivity index (χ2v) is 9.97. The van der Waals surface area contributed by atoms with Crippen molar-refractivity contribution in [2.75, 3.05) is 38.5 Å². The molecule has 0 bridgehead atoms. The van der Waals surface area contributed by atoms with E-state index in [1.54, 1.807) is 6.20 Å². The van der Waals surface area contributed by atoms with Crippen LogP contribution in [0.25, 0.3) is 23.1 Å². The predicted octanol–water partition coefficient (Wildman–Crippen LogP) is 6.10. The lowest BCUT2D eigenvalue weighted by Crippen LogP contribution is -2.28. The molecular formula is C31H34N6. The SMILES string of the molecule is Cc1ncc(C#N)c(Nc2ccc3[nH]ccc3c2C)c1/C=C/c1ccc(CN2CCCN(C)CC2)cc1. The third-order valence-corrected chi connectivity index (χ3v) is 7.34. The summed E-state index contributed by atoms with van der Waals surface area (Å²) in [5, 5.41) is 14.5. The van der Waals surface area contributed by atoms with Crippen LogP contribution in [0, 0.1) is 25.2 Å². The van der Waals surface area contributed by atoms with Gasteiger partial charge in [0, 0.05) is 59.9 Å². The van der Waals surface area contributed by atoms with Crippen molar-refractivity contribution in [2.45, 2.75) is 26.8 Å². The predicted molar refractivity (Wildman–Crippen MR) is 153 cm³/mol. The molecule has 3 heterocycles. The van der Waals surface area contributed by atoms with Gasteiger partial charge in [0.15, 0.2) is 0 Å². The molecule has 1 aliphatic rings. The van der Waals surface area contributed by atoms with Gasteiger partial charge >= 0.3 is 0 Å². The number of nitriles is 1. The molecule has 1 saturated heterocycles. The highest BCUT2D eigenvalue weighted by molar-refractivity contribution is 5.90. The maximum atomic E-state index is 9.84. The van der Waals surface area contributed by atoms with Gasteiger partial charge < -0.3 is 15.2 Å². The number of aryl methyl sites for hydroxylation is 2. The molecule has 2 N–H and O–H groups in total. The van der Waals surface area contributed by atoms with Gasteiger partial charge in [-0.25, -0.2) is 0 Å². The lowest BCUT2D eigenvalue weighted by molar-refractivity contribution is 0.269. The molecule has 1 fully saturated rings. The van der Waals surface area contributed by atoms with Crippen LogP contribution in [0.5, 0.6) is 0 Å². The highest BCUT2D eigenvalue weighted by atomic mass is 15.2. The van der Waals surface area contributed by atoms with Crippen molar-refractivity contribution in [2.24, 2.45) is 0 Å². The van der Waals surface area contributed by atoms with E-state index < -0.39 is 0 Å². The van der Waals surface area contributed by atoms with Gasteiger partial charge in [-0.2, -0.15) is 5.26 Å². The molecule has 37 heavy (non-hydrogen) atoms. The summed E-state index contributed by atoms with van der Waals surface area (Å²) < 4.78 is 0. The number of benzene rings is 2. The van der Waals surface area contributed by atoms with Crippen LogP contribution in [0.2, 0.25) is 0 Å². The molecule has 0 saturated carbocycles. The first kappa shape index (κ1) is 24.8. The second kappa shape index (κ2) is 11.0. The van der Waals surface area contributed by atoms with Crippen molar-refractivity contribution in [3.8, 4) is 6.07 Å². The van der Waals surface area contributed by atoms with E-state index in [2.05, 4.69) is 99.7 Å². The van der Waals surface area contributed by atoms with Crippen LogP contribution in [0.1, 0.15) is 39.9 Å². The van der Waals surface area contributed by atoms with Crippen molar-refractivity contribution in [1.29, 1.82) is 5.26 Å². The summed E-state index contributed by atoms with van der Waals surface area (Å²) in [6, 6.07) is 17.3. The smallest absolute Gasteiger partial charge is 0.103 e. The number of nitrogens with one attached hydrogen (secondary N) is 2. The number of rotatable bonds is 6. The Bertz CT molecular complexity index is 1460. The molecule has 0 amide bonds. The van der Waals surface area contributed by atoms with Gasteiger partial charge in [-0.05, 0) is 75.3 Å². The molecule has 2 aromatic heterocycles. The average molecular weight is 491 g/mol. The molecular weight excluding hydrogens is 456 g/mol. The van der Waals surface area contributed by atoms with Crippen molar-refractivity contribution in [3.05, 3.63) is 88.4 Å². The first-order valence-corrected chi connectivity index (χ1v) is 12.9. The van der Waals surface area contributed by atoms with Crippen LogP contribution < -0.4 is 5.32 Å². The van der Waals surface area contributed by atoms with Gasteiger partial charge in [0.25, 0.3) is 0 Å². The first-order chi connectivity index (χ1) is 18.0. The van der Waals surface area contributed by atoms with Crippen LogP contribution in [-0.4, -0.2) is 53.0 Å². The van der Waals surface area contributed by atoms with Crippen molar-refractivity contribution in [3.63, 3.8) is 0 Å². The Balaban J connectivity index is 1.37. The quantitative estimate of drug-likeness (QED) is 0.342. The van der Waals surface area contributed by atoms with E-state index in [0.29, 0.717) is 5.56 Å². The number of hydrogen-bond acceptors (Lipinski definition) is 5. The fourth-order valence-corrected chi connectivity index (χ4v) is 5.03. The van der Waals surface area contributed by atoms with Gasteiger partial charge in [-0.15, -0.1) is 0 Å². The summed E-state index contributed by atoms with van der Waals surface area (Å²) in [7, 11) is 2.21. The zero-order valence-corrected chi connectivity index (χ0v) is 21.9. The Labute approximate surface area is 219 Å². The molecule has 1 aliphatic heterocycles. The van der Waals surface area contributed by atoms with E-state index in [1.165, 1.54) is 23.9 Å². The Morgan fingerprint density at radius 1 is 1.03 bits per heavy atom. The number of anilines is 2. The molecule has 2 aromatic carbocycles. The van der Waals surface area contributed by atoms with Gasteiger partial charge in [0.1, 0.15) is 6.07 Å². The zero-order valence-electron chi connectivity index (χ0n) is 21.9. The molecule has 0 aliphatic carbocycles. The number of nitrogens with zero attached hydrogens (tertiary/aromatic N) is 4. The Hall–Kier alpha value is -3.92. The lowest BCUT2D eigenvalue weighted by atomic mass is 10.0. The fraction of sp³-hybridized carbons (Fsp3) is 0.290. The minimum atomic E-state index is 0.525. The molecule has 0 radical (unpaired) electrons. The van der Waals surface area contributed by atoms with Gasteiger partial charge in [0.2, 0.25) is 0 Å². The Kier molecular flexibility index (Phi) is 7.36. The Morgan fingerprint density at radius 2 is 1.86 bits per heavy atom. The third kappa shape index (κ3) is 5.59. The minimum absolute atomic E-state index is 0.525. The fourth-order valence-electron chi connectivity index (χ4n) is 5.03. The van der Waals surface area contributed by atoms with Crippen LogP contribution in [0.3, 0.4) is 0 Å². The van der Waals surface area contributed by atoms with Gasteiger partial charge in [-0.1, -0.05) is 36.4 Å². The zero-order chi connectivity index (χ0) is 25.8. The number of aromatic amines is 1. The summed E-state index contributed by atoms with van der Waals surface area (Å²) in [5.41, 5.74) is 8.78. The highest BCUT2D eigenvalue weighted by Gasteiger charge is 2.14. The maximum absolute atomic E-state index is 9.84. The standard InChI is InChI=1S/C31H34N6/c1-22-27-13-14-33-30(27)12-11-29(22)35-31-26(19-32)20-34-23(2)28(31)10-9-24-5-7-25(8-6-24)21-37-16-4-15-36(3)17-18-37/h5-14,20,33H,4,15-18,21H2,1-3H3,(H,34,35)/b10-9+. The topological polar surface area (TPSA) is 71.0 Å². The number of fused-ring (bicyclic) bond motifs is 1. The van der Waals surface area contributed by atoms with Crippen molar-refractivity contribution in [1.82, 2.24) is 19.8 Å². The lowest BCUT2D eigenvalue weighted by Gasteiger charge is -2.20. The minimum Gasteiger partial charge on any atom is -0.361 e. The molecule has 0 spiro atoms. The molecule has 4 aromatic rings. The van der Waals surface area contributed by atoms with E-state index >= 15 is 0 Å². The molecule has 0 atom stereocenters. The Morgan fingerprint density at radius 3 is 2.68 bits per heavy atom. The summed E-state index contributed by atoms with van der Waals surface area (Å²) in [4.78, 5) is 12.7. The summed E-state index contributed by atoms with van der Waals surface area (Å²) in [5.74, 6) is 0. The highest BCUT2D eigenvalue weighted by Crippen LogP contribution is 2.32. The molecule has 5 rings (SSSR count). The monoisotopic (exact) mass is 490 g/mol. The second-order valence-electron chi connectivity index (χ2n) is 9.97. The van der Waals surface area contributed by atoms with E-state index in [-0.39, 0.29) is 0 Å². The normalized spacial score (nSPS) is 15.2. The average Bonchev–Trinajstić information content (AvgIpc) is 3.30. The summed E-state index contributed by atoms with van der Waals surface area (Å²) in [6.07, 6.45) is 8.99. The van der Waals surface area contributed by atoms with E-state index in [9.17, 15) is 5.26 Å². The van der Waals surface area contributed by atoms with Gasteiger partial charge in [-0.3, -0.25) is 9.88 Å². The van der Waals surface area contributed by atoms with Crippen LogP contribution in [-0.2, 0) is 6.54 Å². The van der Waals surface area contributed by atoms with Crippen LogP contribution in [0.4, 0.5) is 11.4 Å². The maximum Gasteiger partial charge on any atom is 0.103 e. The first-order valence-electron chi connectivity index (χ1n) is 12.9. The van der Waals surface area contributed by atoms with Gasteiger partial charge in [0.05, 0.1) is 11.3 Å². The third-order valence-electron chi connectivity index (χ3n) is 7.34. The molecule has 0 unspecified atom stereocenters. The van der Waals surface area contributed by atoms with E-state index in [1.807, 2.05) is 13.1 Å². The molecule has 188 valence electrons.